The third kappa shape index (κ3) is 2.85. The van der Waals surface area contributed by atoms with E-state index in [2.05, 4.69) is 25.7 Å². The van der Waals surface area contributed by atoms with Gasteiger partial charge >= 0.3 is 5.82 Å². The molecule has 0 N–H and O–H groups in total. The maximum atomic E-state index is 12.4. The summed E-state index contributed by atoms with van der Waals surface area (Å²) in [6.45, 7) is 0. The van der Waals surface area contributed by atoms with Crippen LogP contribution < -0.4 is 0 Å². The molecule has 0 aliphatic heterocycles. The van der Waals surface area contributed by atoms with Crippen molar-refractivity contribution < 1.29 is 14.1 Å². The van der Waals surface area contributed by atoms with Crippen molar-refractivity contribution in [2.75, 3.05) is 0 Å². The van der Waals surface area contributed by atoms with Crippen LogP contribution in [0.2, 0.25) is 0 Å². The Labute approximate surface area is 140 Å². The minimum absolute atomic E-state index is 0.0308. The molecule has 2 aromatic heterocycles. The maximum absolute atomic E-state index is 12.4. The summed E-state index contributed by atoms with van der Waals surface area (Å²) in [5.41, 5.74) is 2.02. The number of rotatable bonds is 4. The fourth-order valence-corrected chi connectivity index (χ4v) is 2.25. The van der Waals surface area contributed by atoms with Crippen LogP contribution in [0.4, 0.5) is 11.6 Å². The fourth-order valence-electron chi connectivity index (χ4n) is 2.25. The molecule has 0 fully saturated rings. The highest BCUT2D eigenvalue weighted by molar-refractivity contribution is 5.68. The van der Waals surface area contributed by atoms with Gasteiger partial charge in [0.1, 0.15) is 0 Å². The van der Waals surface area contributed by atoms with E-state index in [0.717, 1.165) is 5.56 Å². The van der Waals surface area contributed by atoms with Crippen LogP contribution in [-0.2, 0) is 0 Å². The Hall–Kier alpha value is -3.88. The van der Waals surface area contributed by atoms with E-state index in [1.807, 2.05) is 36.4 Å². The highest BCUT2D eigenvalue weighted by atomic mass is 16.6. The lowest BCUT2D eigenvalue weighted by molar-refractivity contribution is -0.440. The molecule has 122 valence electrons. The molecule has 0 radical (unpaired) electrons. The molecule has 0 aliphatic rings. The number of azo groups is 1. The lowest BCUT2D eigenvalue weighted by Crippen LogP contribution is -1.94. The van der Waals surface area contributed by atoms with Gasteiger partial charge in [-0.2, -0.15) is 0 Å². The average molecular weight is 334 g/mol. The van der Waals surface area contributed by atoms with Crippen molar-refractivity contribution in [3.05, 3.63) is 65.9 Å². The zero-order valence-electron chi connectivity index (χ0n) is 12.7. The van der Waals surface area contributed by atoms with Gasteiger partial charge in [-0.1, -0.05) is 65.8 Å². The van der Waals surface area contributed by atoms with Crippen LogP contribution in [0.5, 0.6) is 0 Å². The van der Waals surface area contributed by atoms with Gasteiger partial charge in [0.2, 0.25) is 5.69 Å². The summed E-state index contributed by atoms with van der Waals surface area (Å²) < 4.78 is 9.41. The monoisotopic (exact) mass is 334 g/mol. The predicted octanol–water partition coefficient (Wildman–Crippen LogP) is 3.71. The second-order valence-corrected chi connectivity index (χ2v) is 4.98. The van der Waals surface area contributed by atoms with E-state index in [0.29, 0.717) is 11.3 Å². The molecule has 25 heavy (non-hydrogen) atoms. The third-order valence-corrected chi connectivity index (χ3v) is 3.40. The van der Waals surface area contributed by atoms with Crippen molar-refractivity contribution >= 4 is 11.6 Å². The van der Waals surface area contributed by atoms with Crippen LogP contribution in [0.15, 0.2) is 75.0 Å². The molecular formula is C16H10N6O3. The first-order valence-electron chi connectivity index (χ1n) is 7.28. The molecular weight excluding hydrogens is 324 g/mol. The summed E-state index contributed by atoms with van der Waals surface area (Å²) in [4.78, 5) is 0.283. The molecule has 0 saturated carbocycles. The van der Waals surface area contributed by atoms with E-state index in [-0.39, 0.29) is 22.2 Å². The third-order valence-electron chi connectivity index (χ3n) is 3.40. The van der Waals surface area contributed by atoms with Gasteiger partial charge in [-0.25, -0.2) is 4.63 Å². The van der Waals surface area contributed by atoms with Crippen molar-refractivity contribution in [1.82, 2.24) is 20.6 Å². The number of benzene rings is 2. The van der Waals surface area contributed by atoms with Gasteiger partial charge in [0.25, 0.3) is 5.82 Å². The van der Waals surface area contributed by atoms with Gasteiger partial charge in [-0.15, -0.1) is 9.49 Å². The largest absolute Gasteiger partial charge is 0.690 e. The second kappa shape index (κ2) is 6.32. The Morgan fingerprint density at radius 2 is 1.28 bits per heavy atom. The lowest BCUT2D eigenvalue weighted by atomic mass is 10.1. The molecule has 0 amide bonds. The summed E-state index contributed by atoms with van der Waals surface area (Å²) in [5, 5.41) is 31.2. The quantitative estimate of drug-likeness (QED) is 0.317. The zero-order valence-corrected chi connectivity index (χ0v) is 12.7. The first-order chi connectivity index (χ1) is 12.3. The van der Waals surface area contributed by atoms with Crippen molar-refractivity contribution in [2.45, 2.75) is 0 Å². The molecule has 9 heteroatoms. The first-order valence-corrected chi connectivity index (χ1v) is 7.28. The van der Waals surface area contributed by atoms with Gasteiger partial charge in [0, 0.05) is 11.1 Å². The smallest absolute Gasteiger partial charge is 0.426 e. The van der Waals surface area contributed by atoms with Crippen LogP contribution in [0, 0.1) is 5.21 Å². The minimum atomic E-state index is -0.0896. The normalized spacial score (nSPS) is 11.6. The highest BCUT2D eigenvalue weighted by Gasteiger charge is 2.23. The predicted molar refractivity (Wildman–Crippen MR) is 84.8 cm³/mol. The molecule has 0 spiro atoms. The Balaban J connectivity index is 1.73. The average Bonchev–Trinajstić information content (AvgIpc) is 3.32. The maximum Gasteiger partial charge on any atom is 0.426 e. The molecule has 0 bridgehead atoms. The lowest BCUT2D eigenvalue weighted by Gasteiger charge is -2.01. The highest BCUT2D eigenvalue weighted by Crippen LogP contribution is 2.30. The van der Waals surface area contributed by atoms with Crippen LogP contribution in [0.1, 0.15) is 0 Å². The summed E-state index contributed by atoms with van der Waals surface area (Å²) in [5.74, 6) is -0.0589. The Morgan fingerprint density at radius 1 is 0.720 bits per heavy atom. The van der Waals surface area contributed by atoms with Crippen molar-refractivity contribution in [3.63, 3.8) is 0 Å². The number of aromatic nitrogens is 4. The molecule has 2 aromatic carbocycles. The van der Waals surface area contributed by atoms with E-state index in [4.69, 9.17) is 9.26 Å². The van der Waals surface area contributed by atoms with Gasteiger partial charge in [0.05, 0.1) is 0 Å². The van der Waals surface area contributed by atoms with Crippen LogP contribution >= 0.6 is 0 Å². The van der Waals surface area contributed by atoms with E-state index in [1.54, 1.807) is 24.3 Å². The molecule has 9 nitrogen and oxygen atoms in total. The first kappa shape index (κ1) is 14.7. The standard InChI is InChI=1S/C16H10N6O3/c23-22(16-14(19-25-21-16)12-9-5-2-6-10-12)17-15-13(18-24-20-15)11-7-3-1-4-8-11/h1-10H. The molecule has 4 rings (SSSR count). The van der Waals surface area contributed by atoms with E-state index in [1.165, 1.54) is 0 Å². The van der Waals surface area contributed by atoms with Gasteiger partial charge in [0.15, 0.2) is 10.9 Å². The number of hydrogen-bond donors (Lipinski definition) is 0. The van der Waals surface area contributed by atoms with Gasteiger partial charge in [-0.05, 0) is 15.5 Å². The molecule has 4 aromatic rings. The molecule has 0 saturated heterocycles. The van der Waals surface area contributed by atoms with Crippen molar-refractivity contribution in [2.24, 2.45) is 5.11 Å². The zero-order chi connectivity index (χ0) is 17.1. The fraction of sp³-hybridized carbons (Fsp3) is 0. The summed E-state index contributed by atoms with van der Waals surface area (Å²) in [6, 6.07) is 18.2. The number of nitrogens with zero attached hydrogens (tertiary/aromatic N) is 6. The molecule has 0 aliphatic carbocycles. The Kier molecular flexibility index (Phi) is 3.71. The topological polar surface area (TPSA) is 116 Å². The van der Waals surface area contributed by atoms with E-state index in [9.17, 15) is 5.21 Å². The van der Waals surface area contributed by atoms with Crippen molar-refractivity contribution in [1.29, 1.82) is 0 Å². The second-order valence-electron chi connectivity index (χ2n) is 4.98. The van der Waals surface area contributed by atoms with Gasteiger partial charge in [-0.3, -0.25) is 0 Å². The van der Waals surface area contributed by atoms with Crippen LogP contribution in [-0.4, -0.2) is 25.5 Å². The number of hydrogen-bond acceptors (Lipinski definition) is 8. The van der Waals surface area contributed by atoms with E-state index >= 15 is 0 Å². The minimum Gasteiger partial charge on any atom is -0.690 e. The van der Waals surface area contributed by atoms with Crippen LogP contribution in [0.25, 0.3) is 22.5 Å². The van der Waals surface area contributed by atoms with Crippen molar-refractivity contribution in [3.8, 4) is 22.5 Å². The summed E-state index contributed by atoms with van der Waals surface area (Å²) in [6.07, 6.45) is 0. The Morgan fingerprint density at radius 3 is 1.96 bits per heavy atom. The Bertz CT molecular complexity index is 1010. The van der Waals surface area contributed by atoms with E-state index < -0.39 is 0 Å². The molecule has 0 atom stereocenters. The molecule has 2 heterocycles. The molecule has 0 unspecified atom stereocenters. The SMILES string of the molecule is [O-][N+](=Nc1nonc1-c1ccccc1)c1nonc1-c1ccccc1. The van der Waals surface area contributed by atoms with Crippen LogP contribution in [0.3, 0.4) is 0 Å². The van der Waals surface area contributed by atoms with Gasteiger partial charge < -0.3 is 5.21 Å². The summed E-state index contributed by atoms with van der Waals surface area (Å²) >= 11 is 0. The summed E-state index contributed by atoms with van der Waals surface area (Å²) in [7, 11) is 0.